The lowest BCUT2D eigenvalue weighted by Crippen LogP contribution is -2.36. The average Bonchev–Trinajstić information content (AvgIpc) is 2.87. The topological polar surface area (TPSA) is 12.0 Å². The summed E-state index contributed by atoms with van der Waals surface area (Å²) in [6.45, 7) is 5.74. The molecule has 1 aromatic heterocycles. The van der Waals surface area contributed by atoms with E-state index >= 15 is 0 Å². The standard InChI is InChI=1S/C16H27NS/c1-3-5-8-15(17-11-4-2)13-7-6-9-16-14(13)10-12-18-16/h10,12-13,15,17H,3-9,11H2,1-2H3. The summed E-state index contributed by atoms with van der Waals surface area (Å²) in [5.41, 5.74) is 1.66. The fraction of sp³-hybridized carbons (Fsp3) is 0.750. The Kier molecular flexibility index (Phi) is 5.71. The molecule has 0 saturated heterocycles. The Morgan fingerprint density at radius 2 is 2.28 bits per heavy atom. The van der Waals surface area contributed by atoms with Crippen molar-refractivity contribution in [2.75, 3.05) is 6.54 Å². The molecule has 1 nitrogen and oxygen atoms in total. The monoisotopic (exact) mass is 265 g/mol. The Hall–Kier alpha value is -0.340. The SMILES string of the molecule is CCCCC(NCCC)C1CCCc2sccc21. The van der Waals surface area contributed by atoms with E-state index in [9.17, 15) is 0 Å². The zero-order chi connectivity index (χ0) is 12.8. The van der Waals surface area contributed by atoms with E-state index in [-0.39, 0.29) is 0 Å². The lowest BCUT2D eigenvalue weighted by atomic mass is 9.80. The molecule has 0 aliphatic heterocycles. The molecule has 102 valence electrons. The molecule has 0 spiro atoms. The van der Waals surface area contributed by atoms with Crippen molar-refractivity contribution < 1.29 is 0 Å². The summed E-state index contributed by atoms with van der Waals surface area (Å²) in [6.07, 6.45) is 9.34. The molecule has 0 bridgehead atoms. The summed E-state index contributed by atoms with van der Waals surface area (Å²) in [5, 5.41) is 6.10. The van der Waals surface area contributed by atoms with Crippen molar-refractivity contribution in [3.63, 3.8) is 0 Å². The second kappa shape index (κ2) is 7.30. The second-order valence-corrected chi connectivity index (χ2v) is 6.50. The molecule has 1 aliphatic rings. The van der Waals surface area contributed by atoms with Gasteiger partial charge in [-0.05, 0) is 55.7 Å². The van der Waals surface area contributed by atoms with Crippen LogP contribution in [0.15, 0.2) is 11.4 Å². The van der Waals surface area contributed by atoms with Gasteiger partial charge in [0.05, 0.1) is 0 Å². The summed E-state index contributed by atoms with van der Waals surface area (Å²) < 4.78 is 0. The van der Waals surface area contributed by atoms with Gasteiger partial charge in [-0.3, -0.25) is 0 Å². The Labute approximate surface area is 116 Å². The van der Waals surface area contributed by atoms with E-state index in [0.717, 1.165) is 5.92 Å². The van der Waals surface area contributed by atoms with Crippen molar-refractivity contribution in [3.05, 3.63) is 21.9 Å². The zero-order valence-electron chi connectivity index (χ0n) is 11.9. The maximum absolute atomic E-state index is 3.81. The molecule has 2 rings (SSSR count). The van der Waals surface area contributed by atoms with Crippen LogP contribution in [0.1, 0.15) is 68.7 Å². The van der Waals surface area contributed by atoms with Crippen molar-refractivity contribution in [1.29, 1.82) is 0 Å². The highest BCUT2D eigenvalue weighted by Gasteiger charge is 2.27. The minimum atomic E-state index is 0.707. The van der Waals surface area contributed by atoms with Crippen LogP contribution in [0, 0.1) is 0 Å². The Morgan fingerprint density at radius 3 is 3.06 bits per heavy atom. The van der Waals surface area contributed by atoms with E-state index in [4.69, 9.17) is 0 Å². The smallest absolute Gasteiger partial charge is 0.0136 e. The molecular formula is C16H27NS. The third-order valence-corrected chi connectivity index (χ3v) is 5.11. The largest absolute Gasteiger partial charge is 0.313 e. The Morgan fingerprint density at radius 1 is 1.39 bits per heavy atom. The van der Waals surface area contributed by atoms with Crippen LogP contribution >= 0.6 is 11.3 Å². The summed E-state index contributed by atoms with van der Waals surface area (Å²) in [4.78, 5) is 1.66. The summed E-state index contributed by atoms with van der Waals surface area (Å²) in [7, 11) is 0. The molecule has 0 radical (unpaired) electrons. The first-order chi connectivity index (χ1) is 8.86. The van der Waals surface area contributed by atoms with Crippen molar-refractivity contribution in [2.45, 2.75) is 70.8 Å². The fourth-order valence-corrected chi connectivity index (χ4v) is 4.14. The maximum Gasteiger partial charge on any atom is 0.0136 e. The quantitative estimate of drug-likeness (QED) is 0.752. The van der Waals surface area contributed by atoms with Crippen LogP contribution in [0.5, 0.6) is 0 Å². The average molecular weight is 265 g/mol. The summed E-state index contributed by atoms with van der Waals surface area (Å²) in [6, 6.07) is 3.09. The third kappa shape index (κ3) is 3.36. The van der Waals surface area contributed by atoms with E-state index in [1.807, 2.05) is 11.3 Å². The zero-order valence-corrected chi connectivity index (χ0v) is 12.7. The molecule has 1 N–H and O–H groups in total. The van der Waals surface area contributed by atoms with Gasteiger partial charge in [0.15, 0.2) is 0 Å². The normalized spacial score (nSPS) is 20.7. The lowest BCUT2D eigenvalue weighted by molar-refractivity contribution is 0.367. The summed E-state index contributed by atoms with van der Waals surface area (Å²) >= 11 is 1.97. The summed E-state index contributed by atoms with van der Waals surface area (Å²) in [5.74, 6) is 0.776. The van der Waals surface area contributed by atoms with Gasteiger partial charge in [-0.25, -0.2) is 0 Å². The lowest BCUT2D eigenvalue weighted by Gasteiger charge is -2.31. The number of hydrogen-bond donors (Lipinski definition) is 1. The maximum atomic E-state index is 3.81. The number of thiophene rings is 1. The molecular weight excluding hydrogens is 238 g/mol. The number of aryl methyl sites for hydroxylation is 1. The first-order valence-electron chi connectivity index (χ1n) is 7.66. The van der Waals surface area contributed by atoms with Gasteiger partial charge in [0.1, 0.15) is 0 Å². The van der Waals surface area contributed by atoms with Gasteiger partial charge in [0, 0.05) is 16.8 Å². The van der Waals surface area contributed by atoms with Crippen LogP contribution in [0.4, 0.5) is 0 Å². The van der Waals surface area contributed by atoms with Crippen LogP contribution < -0.4 is 5.32 Å². The van der Waals surface area contributed by atoms with Gasteiger partial charge in [-0.15, -0.1) is 11.3 Å². The van der Waals surface area contributed by atoms with E-state index in [1.165, 1.54) is 51.5 Å². The Balaban J connectivity index is 2.06. The highest BCUT2D eigenvalue weighted by molar-refractivity contribution is 7.10. The first kappa shape index (κ1) is 14.1. The molecule has 0 fully saturated rings. The highest BCUT2D eigenvalue weighted by atomic mass is 32.1. The van der Waals surface area contributed by atoms with Gasteiger partial charge in [-0.1, -0.05) is 26.7 Å². The predicted molar refractivity (Wildman–Crippen MR) is 81.6 cm³/mol. The van der Waals surface area contributed by atoms with Gasteiger partial charge in [0.2, 0.25) is 0 Å². The van der Waals surface area contributed by atoms with Crippen LogP contribution in [0.25, 0.3) is 0 Å². The highest BCUT2D eigenvalue weighted by Crippen LogP contribution is 2.38. The van der Waals surface area contributed by atoms with Gasteiger partial charge < -0.3 is 5.32 Å². The molecule has 2 unspecified atom stereocenters. The second-order valence-electron chi connectivity index (χ2n) is 5.50. The van der Waals surface area contributed by atoms with Crippen molar-refractivity contribution in [2.24, 2.45) is 0 Å². The van der Waals surface area contributed by atoms with Crippen LogP contribution in [-0.4, -0.2) is 12.6 Å². The molecule has 0 aromatic carbocycles. The van der Waals surface area contributed by atoms with Gasteiger partial charge >= 0.3 is 0 Å². The number of nitrogens with one attached hydrogen (secondary N) is 1. The molecule has 2 heteroatoms. The molecule has 1 aliphatic carbocycles. The van der Waals surface area contributed by atoms with E-state index < -0.39 is 0 Å². The number of rotatable bonds is 7. The Bertz CT molecular complexity index is 337. The molecule has 1 aromatic rings. The third-order valence-electron chi connectivity index (χ3n) is 4.11. The van der Waals surface area contributed by atoms with E-state index in [0.29, 0.717) is 6.04 Å². The predicted octanol–water partition coefficient (Wildman–Crippen LogP) is 4.73. The van der Waals surface area contributed by atoms with Crippen molar-refractivity contribution >= 4 is 11.3 Å². The molecule has 2 atom stereocenters. The molecule has 0 saturated carbocycles. The van der Waals surface area contributed by atoms with E-state index in [1.54, 1.807) is 10.4 Å². The fourth-order valence-electron chi connectivity index (χ4n) is 3.14. The number of unbranched alkanes of at least 4 members (excludes halogenated alkanes) is 1. The van der Waals surface area contributed by atoms with Crippen LogP contribution in [0.3, 0.4) is 0 Å². The molecule has 1 heterocycles. The van der Waals surface area contributed by atoms with Crippen LogP contribution in [0.2, 0.25) is 0 Å². The molecule has 18 heavy (non-hydrogen) atoms. The number of fused-ring (bicyclic) bond motifs is 1. The minimum absolute atomic E-state index is 0.707. The minimum Gasteiger partial charge on any atom is -0.313 e. The van der Waals surface area contributed by atoms with Crippen molar-refractivity contribution in [1.82, 2.24) is 5.32 Å². The number of hydrogen-bond acceptors (Lipinski definition) is 2. The molecule has 0 amide bonds. The first-order valence-corrected chi connectivity index (χ1v) is 8.54. The van der Waals surface area contributed by atoms with Crippen molar-refractivity contribution in [3.8, 4) is 0 Å². The van der Waals surface area contributed by atoms with Crippen LogP contribution in [-0.2, 0) is 6.42 Å². The van der Waals surface area contributed by atoms with Gasteiger partial charge in [-0.2, -0.15) is 0 Å². The van der Waals surface area contributed by atoms with E-state index in [2.05, 4.69) is 30.6 Å². The van der Waals surface area contributed by atoms with Gasteiger partial charge in [0.25, 0.3) is 0 Å².